The molecule has 1 saturated heterocycles. The summed E-state index contributed by atoms with van der Waals surface area (Å²) in [5, 5.41) is 3.50. The van der Waals surface area contributed by atoms with Gasteiger partial charge in [-0.15, -0.1) is 0 Å². The van der Waals surface area contributed by atoms with Crippen molar-refractivity contribution in [1.82, 2.24) is 4.90 Å². The SMILES string of the molecule is CC1CC(N2CNc3ccccc32)CC(C)N1C. The highest BCUT2D eigenvalue weighted by Crippen LogP contribution is 2.36. The van der Waals surface area contributed by atoms with Crippen LogP contribution in [0, 0.1) is 0 Å². The van der Waals surface area contributed by atoms with Crippen LogP contribution in [0.4, 0.5) is 11.4 Å². The van der Waals surface area contributed by atoms with Crippen molar-refractivity contribution in [3.63, 3.8) is 0 Å². The van der Waals surface area contributed by atoms with Crippen molar-refractivity contribution in [2.24, 2.45) is 0 Å². The molecule has 1 aromatic rings. The molecule has 2 aliphatic heterocycles. The van der Waals surface area contributed by atoms with Crippen molar-refractivity contribution in [2.75, 3.05) is 23.9 Å². The van der Waals surface area contributed by atoms with Crippen LogP contribution in [0.1, 0.15) is 26.7 Å². The fourth-order valence-corrected chi connectivity index (χ4v) is 3.36. The molecule has 18 heavy (non-hydrogen) atoms. The molecule has 0 radical (unpaired) electrons. The fraction of sp³-hybridized carbons (Fsp3) is 0.600. The highest BCUT2D eigenvalue weighted by Gasteiger charge is 2.34. The summed E-state index contributed by atoms with van der Waals surface area (Å²) in [5.41, 5.74) is 2.67. The first-order valence-corrected chi connectivity index (χ1v) is 6.98. The highest BCUT2D eigenvalue weighted by molar-refractivity contribution is 5.74. The predicted molar refractivity (Wildman–Crippen MR) is 77.1 cm³/mol. The molecule has 1 aromatic carbocycles. The van der Waals surface area contributed by atoms with Crippen LogP contribution < -0.4 is 10.2 Å². The Kier molecular flexibility index (Phi) is 2.94. The minimum Gasteiger partial charge on any atom is -0.366 e. The average molecular weight is 245 g/mol. The van der Waals surface area contributed by atoms with E-state index in [1.165, 1.54) is 24.2 Å². The molecular weight excluding hydrogens is 222 g/mol. The minimum atomic E-state index is 0.669. The van der Waals surface area contributed by atoms with Gasteiger partial charge in [-0.25, -0.2) is 0 Å². The van der Waals surface area contributed by atoms with Gasteiger partial charge in [0, 0.05) is 18.1 Å². The molecule has 2 heterocycles. The summed E-state index contributed by atoms with van der Waals surface area (Å²) in [6.45, 7) is 5.66. The summed E-state index contributed by atoms with van der Waals surface area (Å²) in [5.74, 6) is 0. The lowest BCUT2D eigenvalue weighted by Gasteiger charge is -2.44. The predicted octanol–water partition coefficient (Wildman–Crippen LogP) is 2.75. The summed E-state index contributed by atoms with van der Waals surface area (Å²) in [6, 6.07) is 10.7. The zero-order chi connectivity index (χ0) is 12.7. The van der Waals surface area contributed by atoms with Crippen LogP contribution >= 0.6 is 0 Å². The van der Waals surface area contributed by atoms with Crippen molar-refractivity contribution in [1.29, 1.82) is 0 Å². The third-order valence-electron chi connectivity index (χ3n) is 4.71. The van der Waals surface area contributed by atoms with Gasteiger partial charge in [0.05, 0.1) is 18.0 Å². The van der Waals surface area contributed by atoms with Crippen LogP contribution in [0.2, 0.25) is 0 Å². The standard InChI is InChI=1S/C15H23N3/c1-11-8-13(9-12(2)17(11)3)18-10-16-14-6-4-5-7-15(14)18/h4-7,11-13,16H,8-10H2,1-3H3. The molecule has 1 fully saturated rings. The number of nitrogens with one attached hydrogen (secondary N) is 1. The normalized spacial score (nSPS) is 32.2. The largest absolute Gasteiger partial charge is 0.366 e. The lowest BCUT2D eigenvalue weighted by Crippen LogP contribution is -2.51. The van der Waals surface area contributed by atoms with E-state index in [4.69, 9.17) is 0 Å². The van der Waals surface area contributed by atoms with Crippen LogP contribution in [0.25, 0.3) is 0 Å². The molecule has 0 amide bonds. The zero-order valence-corrected chi connectivity index (χ0v) is 11.6. The number of fused-ring (bicyclic) bond motifs is 1. The maximum absolute atomic E-state index is 3.50. The quantitative estimate of drug-likeness (QED) is 0.820. The van der Waals surface area contributed by atoms with Gasteiger partial charge in [0.25, 0.3) is 0 Å². The van der Waals surface area contributed by atoms with Gasteiger partial charge in [-0.05, 0) is 45.9 Å². The molecule has 2 atom stereocenters. The summed E-state index contributed by atoms with van der Waals surface area (Å²) in [7, 11) is 2.25. The summed E-state index contributed by atoms with van der Waals surface area (Å²) in [4.78, 5) is 5.06. The van der Waals surface area contributed by atoms with E-state index in [0.717, 1.165) is 6.67 Å². The van der Waals surface area contributed by atoms with Gasteiger partial charge < -0.3 is 15.1 Å². The summed E-state index contributed by atoms with van der Waals surface area (Å²) >= 11 is 0. The second kappa shape index (κ2) is 4.47. The molecule has 2 aliphatic rings. The van der Waals surface area contributed by atoms with Gasteiger partial charge in [-0.2, -0.15) is 0 Å². The zero-order valence-electron chi connectivity index (χ0n) is 11.6. The van der Waals surface area contributed by atoms with Gasteiger partial charge >= 0.3 is 0 Å². The summed E-state index contributed by atoms with van der Waals surface area (Å²) < 4.78 is 0. The first-order valence-electron chi connectivity index (χ1n) is 6.98. The molecule has 3 heteroatoms. The van der Waals surface area contributed by atoms with Crippen LogP contribution in [-0.2, 0) is 0 Å². The fourth-order valence-electron chi connectivity index (χ4n) is 3.36. The number of benzene rings is 1. The van der Waals surface area contributed by atoms with Crippen LogP contribution in [-0.4, -0.2) is 36.7 Å². The molecule has 0 spiro atoms. The lowest BCUT2D eigenvalue weighted by molar-refractivity contribution is 0.122. The van der Waals surface area contributed by atoms with Crippen molar-refractivity contribution in [3.05, 3.63) is 24.3 Å². The molecule has 2 unspecified atom stereocenters. The smallest absolute Gasteiger partial charge is 0.0880 e. The number of anilines is 2. The van der Waals surface area contributed by atoms with E-state index in [1.807, 2.05) is 0 Å². The van der Waals surface area contributed by atoms with Crippen LogP contribution in [0.15, 0.2) is 24.3 Å². The molecular formula is C15H23N3. The Morgan fingerprint density at radius 1 is 1.11 bits per heavy atom. The molecule has 0 saturated carbocycles. The Hall–Kier alpha value is -1.22. The van der Waals surface area contributed by atoms with E-state index in [-0.39, 0.29) is 0 Å². The third kappa shape index (κ3) is 1.87. The maximum atomic E-state index is 3.50. The number of nitrogens with zero attached hydrogens (tertiary/aromatic N) is 2. The summed E-state index contributed by atoms with van der Waals surface area (Å²) in [6.07, 6.45) is 2.52. The maximum Gasteiger partial charge on any atom is 0.0880 e. The van der Waals surface area contributed by atoms with Crippen LogP contribution in [0.5, 0.6) is 0 Å². The van der Waals surface area contributed by atoms with E-state index in [1.54, 1.807) is 0 Å². The molecule has 0 aromatic heterocycles. The molecule has 3 nitrogen and oxygen atoms in total. The molecule has 98 valence electrons. The number of piperidine rings is 1. The second-order valence-corrected chi connectivity index (χ2v) is 5.81. The second-order valence-electron chi connectivity index (χ2n) is 5.81. The van der Waals surface area contributed by atoms with Gasteiger partial charge in [0.2, 0.25) is 0 Å². The Labute approximate surface area is 110 Å². The third-order valence-corrected chi connectivity index (χ3v) is 4.71. The first-order chi connectivity index (χ1) is 8.66. The lowest BCUT2D eigenvalue weighted by atomic mass is 9.92. The Morgan fingerprint density at radius 3 is 2.50 bits per heavy atom. The van der Waals surface area contributed by atoms with E-state index < -0.39 is 0 Å². The molecule has 0 aliphatic carbocycles. The number of rotatable bonds is 1. The van der Waals surface area contributed by atoms with Crippen molar-refractivity contribution >= 4 is 11.4 Å². The number of likely N-dealkylation sites (tertiary alicyclic amines) is 1. The van der Waals surface area contributed by atoms with Crippen molar-refractivity contribution < 1.29 is 0 Å². The minimum absolute atomic E-state index is 0.669. The van der Waals surface area contributed by atoms with Gasteiger partial charge in [-0.3, -0.25) is 0 Å². The molecule has 3 rings (SSSR count). The molecule has 0 bridgehead atoms. The van der Waals surface area contributed by atoms with E-state index in [2.05, 4.69) is 60.3 Å². The number of para-hydroxylation sites is 2. The van der Waals surface area contributed by atoms with E-state index >= 15 is 0 Å². The topological polar surface area (TPSA) is 18.5 Å². The Bertz CT molecular complexity index is 420. The molecule has 1 N–H and O–H groups in total. The Morgan fingerprint density at radius 2 is 1.78 bits per heavy atom. The van der Waals surface area contributed by atoms with Crippen molar-refractivity contribution in [3.8, 4) is 0 Å². The van der Waals surface area contributed by atoms with Gasteiger partial charge in [-0.1, -0.05) is 12.1 Å². The van der Waals surface area contributed by atoms with E-state index in [0.29, 0.717) is 18.1 Å². The van der Waals surface area contributed by atoms with Crippen molar-refractivity contribution in [2.45, 2.75) is 44.8 Å². The van der Waals surface area contributed by atoms with Gasteiger partial charge in [0.15, 0.2) is 0 Å². The monoisotopic (exact) mass is 245 g/mol. The number of hydrogen-bond donors (Lipinski definition) is 1. The average Bonchev–Trinajstić information content (AvgIpc) is 2.79. The highest BCUT2D eigenvalue weighted by atomic mass is 15.3. The van der Waals surface area contributed by atoms with Gasteiger partial charge in [0.1, 0.15) is 0 Å². The van der Waals surface area contributed by atoms with E-state index in [9.17, 15) is 0 Å². The Balaban J connectivity index is 1.81. The first kappa shape index (κ1) is 11.8. The number of hydrogen-bond acceptors (Lipinski definition) is 3. The van der Waals surface area contributed by atoms with Crippen LogP contribution in [0.3, 0.4) is 0 Å².